The van der Waals surface area contributed by atoms with Crippen molar-refractivity contribution >= 4 is 16.1 Å². The average molecular weight is 717 g/mol. The Labute approximate surface area is 283 Å². The summed E-state index contributed by atoms with van der Waals surface area (Å²) in [5.74, 6) is 0.0458. The smallest absolute Gasteiger partial charge is 0.404 e. The highest BCUT2D eigenvalue weighted by Gasteiger charge is 2.52. The van der Waals surface area contributed by atoms with Crippen molar-refractivity contribution in [1.82, 2.24) is 9.62 Å². The molecule has 49 heavy (non-hydrogen) atoms. The number of nitrogens with zero attached hydrogens (tertiary/aromatic N) is 1. The van der Waals surface area contributed by atoms with E-state index in [1.165, 1.54) is 22.5 Å². The van der Waals surface area contributed by atoms with Crippen molar-refractivity contribution in [3.63, 3.8) is 0 Å². The largest absolute Gasteiger partial charge is 0.494 e. The number of aliphatic hydroxyl groups excluding tert-OH is 1. The fourth-order valence-electron chi connectivity index (χ4n) is 6.64. The number of halogens is 3. The summed E-state index contributed by atoms with van der Waals surface area (Å²) >= 11 is 0. The first-order valence-electron chi connectivity index (χ1n) is 16.3. The second kappa shape index (κ2) is 15.7. The summed E-state index contributed by atoms with van der Waals surface area (Å²) < 4.78 is 96.2. The summed E-state index contributed by atoms with van der Waals surface area (Å²) in [5, 5.41) is 24.5. The van der Waals surface area contributed by atoms with Crippen LogP contribution in [0.25, 0.3) is 0 Å². The lowest BCUT2D eigenvalue weighted by atomic mass is 9.81. The Bertz CT molecular complexity index is 1530. The Kier molecular flexibility index (Phi) is 11.8. The average Bonchev–Trinajstić information content (AvgIpc) is 3.67. The molecule has 16 heteroatoms. The van der Waals surface area contributed by atoms with E-state index in [0.29, 0.717) is 36.7 Å². The topological polar surface area (TPSA) is 153 Å². The predicted molar refractivity (Wildman–Crippen MR) is 169 cm³/mol. The van der Waals surface area contributed by atoms with E-state index in [4.69, 9.17) is 23.7 Å². The van der Waals surface area contributed by atoms with Gasteiger partial charge in [0.1, 0.15) is 19.0 Å². The van der Waals surface area contributed by atoms with Crippen LogP contribution >= 0.6 is 0 Å². The van der Waals surface area contributed by atoms with Gasteiger partial charge in [0, 0.05) is 30.9 Å². The molecule has 3 N–H and O–H groups in total. The molecule has 0 saturated carbocycles. The van der Waals surface area contributed by atoms with Crippen LogP contribution in [0.15, 0.2) is 47.4 Å². The van der Waals surface area contributed by atoms with Crippen molar-refractivity contribution in [2.45, 2.75) is 75.1 Å². The molecule has 2 saturated heterocycles. The molecular weight excluding hydrogens is 673 g/mol. The first-order chi connectivity index (χ1) is 23.2. The van der Waals surface area contributed by atoms with Gasteiger partial charge in [0.15, 0.2) is 17.8 Å². The number of hydrogen-bond acceptors (Lipinski definition) is 9. The van der Waals surface area contributed by atoms with Crippen LogP contribution in [0.2, 0.25) is 0 Å². The van der Waals surface area contributed by atoms with E-state index in [-0.39, 0.29) is 61.7 Å². The SMILES string of the molecule is CC(C)CN(C([C@H](O)[C@H](Cc1ccc(OCCCC(F)(F)F)cc1)NC(=O)O)[C@@H]1CO[C@H]2OCC[C@H]21)S(=O)(=O)c1ccc2c(c1)OCCO2. The maximum Gasteiger partial charge on any atom is 0.404 e. The first-order valence-corrected chi connectivity index (χ1v) is 17.8. The van der Waals surface area contributed by atoms with Crippen LogP contribution in [0.1, 0.15) is 38.7 Å². The Morgan fingerprint density at radius 1 is 1.06 bits per heavy atom. The Hall–Kier alpha value is -3.31. The highest BCUT2D eigenvalue weighted by molar-refractivity contribution is 7.89. The summed E-state index contributed by atoms with van der Waals surface area (Å²) in [4.78, 5) is 12.0. The molecule has 1 unspecified atom stereocenters. The van der Waals surface area contributed by atoms with E-state index in [9.17, 15) is 36.6 Å². The summed E-state index contributed by atoms with van der Waals surface area (Å²) in [5.41, 5.74) is 0.578. The quantitative estimate of drug-likeness (QED) is 0.226. The summed E-state index contributed by atoms with van der Waals surface area (Å²) in [6.07, 6.45) is -8.45. The number of carboxylic acid groups (broad SMARTS) is 1. The van der Waals surface area contributed by atoms with Crippen molar-refractivity contribution in [2.24, 2.45) is 17.8 Å². The van der Waals surface area contributed by atoms with Crippen molar-refractivity contribution in [1.29, 1.82) is 0 Å². The fraction of sp³-hybridized carbons (Fsp3) is 0.606. The zero-order chi connectivity index (χ0) is 35.3. The number of hydrogen-bond donors (Lipinski definition) is 3. The van der Waals surface area contributed by atoms with Gasteiger partial charge in [-0.3, -0.25) is 0 Å². The zero-order valence-corrected chi connectivity index (χ0v) is 28.1. The van der Waals surface area contributed by atoms with Crippen LogP contribution in [0.3, 0.4) is 0 Å². The van der Waals surface area contributed by atoms with Gasteiger partial charge in [-0.1, -0.05) is 26.0 Å². The third-order valence-corrected chi connectivity index (χ3v) is 10.7. The Morgan fingerprint density at radius 3 is 2.45 bits per heavy atom. The third-order valence-electron chi connectivity index (χ3n) is 8.85. The second-order valence-electron chi connectivity index (χ2n) is 12.9. The highest BCUT2D eigenvalue weighted by Crippen LogP contribution is 2.42. The van der Waals surface area contributed by atoms with Gasteiger partial charge in [0.05, 0.1) is 42.9 Å². The fourth-order valence-corrected chi connectivity index (χ4v) is 8.50. The number of amides is 1. The second-order valence-corrected chi connectivity index (χ2v) is 14.8. The number of rotatable bonds is 15. The molecule has 1 amide bonds. The van der Waals surface area contributed by atoms with Gasteiger partial charge in [0.25, 0.3) is 0 Å². The number of sulfonamides is 1. The van der Waals surface area contributed by atoms with E-state index in [1.54, 1.807) is 24.3 Å². The van der Waals surface area contributed by atoms with E-state index in [0.717, 1.165) is 0 Å². The van der Waals surface area contributed by atoms with Crippen LogP contribution in [0, 0.1) is 17.8 Å². The molecule has 5 rings (SSSR count). The van der Waals surface area contributed by atoms with E-state index >= 15 is 0 Å². The molecule has 3 aliphatic heterocycles. The maximum absolute atomic E-state index is 14.6. The van der Waals surface area contributed by atoms with Crippen LogP contribution in [-0.2, 0) is 25.9 Å². The molecule has 3 heterocycles. The van der Waals surface area contributed by atoms with Gasteiger partial charge in [-0.25, -0.2) is 13.2 Å². The van der Waals surface area contributed by atoms with Crippen LogP contribution in [0.4, 0.5) is 18.0 Å². The van der Waals surface area contributed by atoms with Crippen molar-refractivity contribution in [3.8, 4) is 17.2 Å². The molecule has 2 aromatic carbocycles. The van der Waals surface area contributed by atoms with Gasteiger partial charge < -0.3 is 39.2 Å². The van der Waals surface area contributed by atoms with E-state index in [1.807, 2.05) is 13.8 Å². The molecular formula is C33H43F3N2O10S. The Morgan fingerprint density at radius 2 is 1.78 bits per heavy atom. The van der Waals surface area contributed by atoms with Crippen LogP contribution < -0.4 is 19.5 Å². The summed E-state index contributed by atoms with van der Waals surface area (Å²) in [6.45, 7) is 4.63. The number of nitrogens with one attached hydrogen (secondary N) is 1. The molecule has 12 nitrogen and oxygen atoms in total. The highest BCUT2D eigenvalue weighted by atomic mass is 32.2. The number of benzene rings is 2. The van der Waals surface area contributed by atoms with Gasteiger partial charge in [-0.15, -0.1) is 0 Å². The third kappa shape index (κ3) is 9.28. The lowest BCUT2D eigenvalue weighted by molar-refractivity contribution is -0.136. The van der Waals surface area contributed by atoms with E-state index in [2.05, 4.69) is 5.32 Å². The molecule has 6 atom stereocenters. The molecule has 2 fully saturated rings. The normalized spacial score (nSPS) is 22.5. The summed E-state index contributed by atoms with van der Waals surface area (Å²) in [6, 6.07) is 8.37. The minimum atomic E-state index is -4.32. The van der Waals surface area contributed by atoms with Gasteiger partial charge in [-0.05, 0) is 55.0 Å². The number of ether oxygens (including phenoxy) is 5. The molecule has 0 aromatic heterocycles. The first kappa shape index (κ1) is 37.0. The lowest BCUT2D eigenvalue weighted by Gasteiger charge is -2.42. The number of aliphatic hydroxyl groups is 1. The molecule has 0 aliphatic carbocycles. The number of alkyl halides is 3. The van der Waals surface area contributed by atoms with Gasteiger partial charge in [-0.2, -0.15) is 17.5 Å². The molecule has 3 aliphatic rings. The predicted octanol–water partition coefficient (Wildman–Crippen LogP) is 4.44. The molecule has 272 valence electrons. The monoisotopic (exact) mass is 716 g/mol. The summed E-state index contributed by atoms with van der Waals surface area (Å²) in [7, 11) is -4.32. The van der Waals surface area contributed by atoms with Gasteiger partial charge in [0.2, 0.25) is 10.0 Å². The van der Waals surface area contributed by atoms with Gasteiger partial charge >= 0.3 is 12.3 Å². The standard InChI is InChI=1S/C33H43F3N2O10S/c1-20(2)18-38(49(42,43)23-8-9-27-28(17-23)46-15-14-45-27)29(25-19-48-31-24(25)10-13-47-31)30(39)26(37-32(40)41)16-21-4-6-22(7-5-21)44-12-3-11-33(34,35)36/h4-9,17,20,24-26,29-31,37,39H,3,10-16,18-19H2,1-2H3,(H,40,41)/t24-,25+,26-,29?,30+,31+/m0/s1. The zero-order valence-electron chi connectivity index (χ0n) is 27.3. The van der Waals surface area contributed by atoms with Crippen LogP contribution in [-0.4, -0.2) is 99.3 Å². The number of carbonyl (C=O) groups is 1. The van der Waals surface area contributed by atoms with Crippen molar-refractivity contribution in [3.05, 3.63) is 48.0 Å². The molecule has 2 aromatic rings. The van der Waals surface area contributed by atoms with Crippen molar-refractivity contribution in [2.75, 3.05) is 39.6 Å². The molecule has 0 spiro atoms. The lowest BCUT2D eigenvalue weighted by Crippen LogP contribution is -2.60. The minimum Gasteiger partial charge on any atom is -0.494 e. The Balaban J connectivity index is 1.46. The molecule has 0 bridgehead atoms. The van der Waals surface area contributed by atoms with Crippen molar-refractivity contribution < 1.29 is 60.3 Å². The molecule has 0 radical (unpaired) electrons. The minimum absolute atomic E-state index is 0.00735. The number of fused-ring (bicyclic) bond motifs is 2. The maximum atomic E-state index is 14.6. The van der Waals surface area contributed by atoms with Crippen LogP contribution in [0.5, 0.6) is 17.2 Å². The van der Waals surface area contributed by atoms with E-state index < -0.39 is 59.1 Å².